The van der Waals surface area contributed by atoms with Crippen LogP contribution in [-0.2, 0) is 9.59 Å². The van der Waals surface area contributed by atoms with Crippen LogP contribution in [0.1, 0.15) is 18.4 Å². The Bertz CT molecular complexity index is 481. The third-order valence-electron chi connectivity index (χ3n) is 2.84. The Balaban J connectivity index is 2.16. The predicted octanol–water partition coefficient (Wildman–Crippen LogP) is 1.24. The standard InChI is InChI=1S/C13H17N3O2/c1-8-2-5-10(16-13(18)9-3-4-9)11(6-8)15-12(17)7-14/h2,5-6,9H,3-4,7,14H2,1H3,(H,15,17)(H,16,18). The van der Waals surface area contributed by atoms with Crippen LogP contribution in [0.15, 0.2) is 18.2 Å². The number of aryl methyl sites for hydroxylation is 1. The Labute approximate surface area is 106 Å². The monoisotopic (exact) mass is 247 g/mol. The van der Waals surface area contributed by atoms with Crippen molar-refractivity contribution >= 4 is 23.2 Å². The Kier molecular flexibility index (Phi) is 3.62. The Morgan fingerprint density at radius 3 is 2.61 bits per heavy atom. The third kappa shape index (κ3) is 3.07. The van der Waals surface area contributed by atoms with Crippen molar-refractivity contribution < 1.29 is 9.59 Å². The molecule has 1 aromatic carbocycles. The summed E-state index contributed by atoms with van der Waals surface area (Å²) >= 11 is 0. The lowest BCUT2D eigenvalue weighted by atomic mass is 10.2. The summed E-state index contributed by atoms with van der Waals surface area (Å²) in [5.41, 5.74) is 7.50. The Morgan fingerprint density at radius 2 is 2.00 bits per heavy atom. The van der Waals surface area contributed by atoms with E-state index in [0.717, 1.165) is 18.4 Å². The lowest BCUT2D eigenvalue weighted by Gasteiger charge is -2.12. The van der Waals surface area contributed by atoms with Gasteiger partial charge in [-0.05, 0) is 37.5 Å². The van der Waals surface area contributed by atoms with Crippen LogP contribution < -0.4 is 16.4 Å². The summed E-state index contributed by atoms with van der Waals surface area (Å²) in [6.07, 6.45) is 1.89. The molecule has 5 heteroatoms. The van der Waals surface area contributed by atoms with E-state index in [1.165, 1.54) is 0 Å². The second kappa shape index (κ2) is 5.18. The van der Waals surface area contributed by atoms with Gasteiger partial charge in [-0.15, -0.1) is 0 Å². The van der Waals surface area contributed by atoms with Gasteiger partial charge in [0.25, 0.3) is 0 Å². The van der Waals surface area contributed by atoms with E-state index in [1.807, 2.05) is 19.1 Å². The highest BCUT2D eigenvalue weighted by molar-refractivity contribution is 6.01. The van der Waals surface area contributed by atoms with Gasteiger partial charge in [0, 0.05) is 5.92 Å². The van der Waals surface area contributed by atoms with Gasteiger partial charge in [-0.1, -0.05) is 6.07 Å². The molecule has 4 N–H and O–H groups in total. The number of carbonyl (C=O) groups excluding carboxylic acids is 2. The van der Waals surface area contributed by atoms with Crippen molar-refractivity contribution in [3.63, 3.8) is 0 Å². The van der Waals surface area contributed by atoms with Crippen molar-refractivity contribution in [2.45, 2.75) is 19.8 Å². The molecule has 0 atom stereocenters. The van der Waals surface area contributed by atoms with Crippen LogP contribution in [-0.4, -0.2) is 18.4 Å². The first kappa shape index (κ1) is 12.6. The molecule has 2 rings (SSSR count). The molecule has 0 aliphatic heterocycles. The predicted molar refractivity (Wildman–Crippen MR) is 70.2 cm³/mol. The minimum atomic E-state index is -0.275. The molecule has 0 bridgehead atoms. The summed E-state index contributed by atoms with van der Waals surface area (Å²) < 4.78 is 0. The highest BCUT2D eigenvalue weighted by Crippen LogP contribution is 2.31. The van der Waals surface area contributed by atoms with E-state index >= 15 is 0 Å². The molecule has 0 unspecified atom stereocenters. The maximum absolute atomic E-state index is 11.7. The molecule has 0 aromatic heterocycles. The summed E-state index contributed by atoms with van der Waals surface area (Å²) in [7, 11) is 0. The minimum absolute atomic E-state index is 0.0158. The average molecular weight is 247 g/mol. The van der Waals surface area contributed by atoms with Crippen molar-refractivity contribution in [3.8, 4) is 0 Å². The zero-order valence-corrected chi connectivity index (χ0v) is 10.3. The van der Waals surface area contributed by atoms with Crippen LogP contribution in [0.5, 0.6) is 0 Å². The molecule has 1 aliphatic carbocycles. The number of hydrogen-bond acceptors (Lipinski definition) is 3. The van der Waals surface area contributed by atoms with Crippen molar-refractivity contribution in [2.24, 2.45) is 11.7 Å². The molecule has 18 heavy (non-hydrogen) atoms. The summed E-state index contributed by atoms with van der Waals surface area (Å²) in [4.78, 5) is 23.0. The lowest BCUT2D eigenvalue weighted by molar-refractivity contribution is -0.117. The topological polar surface area (TPSA) is 84.2 Å². The molecular weight excluding hydrogens is 230 g/mol. The van der Waals surface area contributed by atoms with Crippen LogP contribution in [0.4, 0.5) is 11.4 Å². The van der Waals surface area contributed by atoms with Crippen LogP contribution in [0.2, 0.25) is 0 Å². The third-order valence-corrected chi connectivity index (χ3v) is 2.84. The van der Waals surface area contributed by atoms with Gasteiger partial charge in [0.15, 0.2) is 0 Å². The summed E-state index contributed by atoms with van der Waals surface area (Å²) in [6, 6.07) is 5.50. The Morgan fingerprint density at radius 1 is 1.28 bits per heavy atom. The molecule has 0 radical (unpaired) electrons. The molecule has 0 heterocycles. The van der Waals surface area contributed by atoms with Crippen LogP contribution >= 0.6 is 0 Å². The fourth-order valence-corrected chi connectivity index (χ4v) is 1.65. The quantitative estimate of drug-likeness (QED) is 0.748. The number of amides is 2. The smallest absolute Gasteiger partial charge is 0.238 e. The van der Waals surface area contributed by atoms with E-state index in [-0.39, 0.29) is 24.3 Å². The number of rotatable bonds is 4. The van der Waals surface area contributed by atoms with E-state index in [2.05, 4.69) is 10.6 Å². The van der Waals surface area contributed by atoms with Crippen molar-refractivity contribution in [1.29, 1.82) is 0 Å². The zero-order valence-electron chi connectivity index (χ0n) is 10.3. The van der Waals surface area contributed by atoms with Crippen LogP contribution in [0.3, 0.4) is 0 Å². The number of nitrogens with two attached hydrogens (primary N) is 1. The van der Waals surface area contributed by atoms with Crippen LogP contribution in [0.25, 0.3) is 0 Å². The van der Waals surface area contributed by atoms with E-state index < -0.39 is 0 Å². The number of benzene rings is 1. The van der Waals surface area contributed by atoms with Crippen molar-refractivity contribution in [3.05, 3.63) is 23.8 Å². The minimum Gasteiger partial charge on any atom is -0.324 e. The average Bonchev–Trinajstić information content (AvgIpc) is 3.16. The highest BCUT2D eigenvalue weighted by atomic mass is 16.2. The van der Waals surface area contributed by atoms with E-state index in [9.17, 15) is 9.59 Å². The van der Waals surface area contributed by atoms with Gasteiger partial charge in [0.05, 0.1) is 17.9 Å². The number of nitrogens with one attached hydrogen (secondary N) is 2. The molecule has 0 spiro atoms. The van der Waals surface area contributed by atoms with E-state index in [4.69, 9.17) is 5.73 Å². The van der Waals surface area contributed by atoms with E-state index in [0.29, 0.717) is 11.4 Å². The maximum Gasteiger partial charge on any atom is 0.238 e. The van der Waals surface area contributed by atoms with Crippen molar-refractivity contribution in [1.82, 2.24) is 0 Å². The van der Waals surface area contributed by atoms with Gasteiger partial charge in [0.2, 0.25) is 11.8 Å². The first-order valence-electron chi connectivity index (χ1n) is 6.01. The number of anilines is 2. The normalized spacial score (nSPS) is 14.1. The second-order valence-corrected chi connectivity index (χ2v) is 4.56. The fraction of sp³-hybridized carbons (Fsp3) is 0.385. The summed E-state index contributed by atoms with van der Waals surface area (Å²) in [5, 5.41) is 5.52. The van der Waals surface area contributed by atoms with Gasteiger partial charge in [-0.25, -0.2) is 0 Å². The van der Waals surface area contributed by atoms with Gasteiger partial charge in [-0.2, -0.15) is 0 Å². The molecule has 2 amide bonds. The fourth-order valence-electron chi connectivity index (χ4n) is 1.65. The van der Waals surface area contributed by atoms with Gasteiger partial charge >= 0.3 is 0 Å². The molecule has 1 saturated carbocycles. The SMILES string of the molecule is Cc1ccc(NC(=O)C2CC2)c(NC(=O)CN)c1. The lowest BCUT2D eigenvalue weighted by Crippen LogP contribution is -2.23. The van der Waals surface area contributed by atoms with Gasteiger partial charge < -0.3 is 16.4 Å². The molecule has 1 fully saturated rings. The molecule has 96 valence electrons. The molecule has 0 saturated heterocycles. The molecule has 1 aliphatic rings. The maximum atomic E-state index is 11.7. The van der Waals surface area contributed by atoms with Gasteiger partial charge in [-0.3, -0.25) is 9.59 Å². The van der Waals surface area contributed by atoms with E-state index in [1.54, 1.807) is 6.07 Å². The van der Waals surface area contributed by atoms with Crippen molar-refractivity contribution in [2.75, 3.05) is 17.2 Å². The number of carbonyl (C=O) groups is 2. The van der Waals surface area contributed by atoms with Crippen LogP contribution in [0, 0.1) is 12.8 Å². The van der Waals surface area contributed by atoms with Gasteiger partial charge in [0.1, 0.15) is 0 Å². The molecular formula is C13H17N3O2. The summed E-state index contributed by atoms with van der Waals surface area (Å²) in [5.74, 6) is -0.131. The first-order valence-corrected chi connectivity index (χ1v) is 6.01. The Hall–Kier alpha value is -1.88. The zero-order chi connectivity index (χ0) is 13.1. The number of hydrogen-bond donors (Lipinski definition) is 3. The molecule has 1 aromatic rings. The second-order valence-electron chi connectivity index (χ2n) is 4.56. The highest BCUT2D eigenvalue weighted by Gasteiger charge is 2.29. The molecule has 5 nitrogen and oxygen atoms in total. The first-order chi connectivity index (χ1) is 8.60. The largest absolute Gasteiger partial charge is 0.324 e. The summed E-state index contributed by atoms with van der Waals surface area (Å²) in [6.45, 7) is 1.84.